The van der Waals surface area contributed by atoms with Crippen molar-refractivity contribution in [2.45, 2.75) is 0 Å². The zero-order chi connectivity index (χ0) is 66.7. The van der Waals surface area contributed by atoms with Crippen molar-refractivity contribution in [3.63, 3.8) is 0 Å². The van der Waals surface area contributed by atoms with Gasteiger partial charge >= 0.3 is 0 Å². The molecule has 0 atom stereocenters. The van der Waals surface area contributed by atoms with E-state index >= 15 is 0 Å². The van der Waals surface area contributed by atoms with Crippen LogP contribution in [0.4, 0.5) is 0 Å². The van der Waals surface area contributed by atoms with Crippen LogP contribution in [0.5, 0.6) is 0 Å². The molecule has 0 unspecified atom stereocenters. The minimum Gasteiger partial charge on any atom is -0.309 e. The second kappa shape index (κ2) is 21.8. The van der Waals surface area contributed by atoms with Gasteiger partial charge in [-0.15, -0.1) is 0 Å². The maximum absolute atomic E-state index is 5.84. The van der Waals surface area contributed by atoms with Gasteiger partial charge in [-0.05, 0) is 151 Å². The Labute approximate surface area is 584 Å². The monoisotopic (exact) mass is 1300 g/mol. The van der Waals surface area contributed by atoms with Crippen LogP contribution in [-0.2, 0) is 0 Å². The molecule has 8 nitrogen and oxygen atoms in total. The Balaban J connectivity index is 0.783. The van der Waals surface area contributed by atoms with Crippen molar-refractivity contribution in [1.29, 1.82) is 0 Å². The topological polar surface area (TPSA) is 55.4 Å². The Morgan fingerprint density at radius 2 is 0.422 bits per heavy atom. The summed E-state index contributed by atoms with van der Waals surface area (Å²) in [6.45, 7) is 0. The SMILES string of the molecule is c1ccc(-c2ccccc2-c2cc(-c3cccc(-n4c5ccc(-n6c7ccccc7c7ccccc76)cc5c5cc(-n6c7ccccc7c7ccccc76)ccc54)c3)nc(-n3c4ccc(-n5c6ccccc6c6ccccc65)cc4c4cc(-n5c6ccccc6c6ccccc65)ccc43)n2)cc1. The molecule has 22 aromatic rings. The Morgan fingerprint density at radius 3 is 0.775 bits per heavy atom. The third kappa shape index (κ3) is 8.26. The van der Waals surface area contributed by atoms with E-state index in [1.807, 2.05) is 0 Å². The van der Waals surface area contributed by atoms with Crippen LogP contribution in [0, 0.1) is 0 Å². The summed E-state index contributed by atoms with van der Waals surface area (Å²) in [6.07, 6.45) is 0. The maximum atomic E-state index is 5.84. The molecular weight excluding hydrogens is 1240 g/mol. The number of hydrogen-bond acceptors (Lipinski definition) is 2. The highest BCUT2D eigenvalue weighted by Gasteiger charge is 2.25. The zero-order valence-electron chi connectivity index (χ0n) is 55.1. The van der Waals surface area contributed by atoms with Gasteiger partial charge in [0.2, 0.25) is 5.95 Å². The third-order valence-electron chi connectivity index (χ3n) is 21.4. The van der Waals surface area contributed by atoms with Crippen molar-refractivity contribution < 1.29 is 0 Å². The molecule has 0 aliphatic rings. The van der Waals surface area contributed by atoms with Crippen molar-refractivity contribution in [1.82, 2.24) is 37.4 Å². The van der Waals surface area contributed by atoms with Crippen LogP contribution in [-0.4, -0.2) is 37.4 Å². The summed E-state index contributed by atoms with van der Waals surface area (Å²) in [4.78, 5) is 11.6. The number of aromatic nitrogens is 8. The van der Waals surface area contributed by atoms with E-state index in [1.165, 1.54) is 65.2 Å². The lowest BCUT2D eigenvalue weighted by Crippen LogP contribution is -2.05. The molecule has 7 aromatic heterocycles. The second-order valence-corrected chi connectivity index (χ2v) is 26.9. The lowest BCUT2D eigenvalue weighted by atomic mass is 9.97. The summed E-state index contributed by atoms with van der Waals surface area (Å²) in [6, 6.07) is 129. The van der Waals surface area contributed by atoms with Crippen LogP contribution in [0.1, 0.15) is 0 Å². The van der Waals surface area contributed by atoms with Crippen LogP contribution < -0.4 is 0 Å². The quantitative estimate of drug-likeness (QED) is 0.145. The summed E-state index contributed by atoms with van der Waals surface area (Å²) in [5.74, 6) is 0.567. The predicted molar refractivity (Wildman–Crippen MR) is 424 cm³/mol. The number of rotatable bonds is 9. The van der Waals surface area contributed by atoms with E-state index in [0.29, 0.717) is 5.95 Å². The largest absolute Gasteiger partial charge is 0.309 e. The molecule has 0 N–H and O–H groups in total. The van der Waals surface area contributed by atoms with Gasteiger partial charge in [-0.25, -0.2) is 9.97 Å². The Hall–Kier alpha value is -13.8. The average Bonchev–Trinajstić information content (AvgIpc) is 1.56. The van der Waals surface area contributed by atoms with E-state index in [1.54, 1.807) is 0 Å². The van der Waals surface area contributed by atoms with Crippen molar-refractivity contribution in [3.8, 4) is 68.0 Å². The van der Waals surface area contributed by atoms with Crippen molar-refractivity contribution in [3.05, 3.63) is 352 Å². The molecule has 7 heterocycles. The van der Waals surface area contributed by atoms with Crippen molar-refractivity contribution in [2.75, 3.05) is 0 Å². The van der Waals surface area contributed by atoms with Crippen LogP contribution in [0.3, 0.4) is 0 Å². The normalized spacial score (nSPS) is 12.1. The molecule has 0 saturated heterocycles. The van der Waals surface area contributed by atoms with Gasteiger partial charge < -0.3 is 22.8 Å². The standard InChI is InChI=1S/C94H58N8/c1-2-23-59(24-3-1)66-27-4-5-28-67(66)81-58-80(95-94(96-81)102-92-51-47-64(100-86-41-18-10-33-72(86)73-34-11-19-42-87(73)100)56-78(92)79-57-65(48-52-93(79)102)101-88-43-20-12-35-74(88)75-36-13-21-44-89(75)101)60-25-22-26-61(53-60)97-90-49-45-62(98-82-37-14-6-29-68(82)69-30-7-15-38-83(69)98)54-76(90)77-55-63(46-50-91(77)97)99-84-39-16-8-31-70(84)71-32-9-17-40-85(71)99/h1-58H. The van der Waals surface area contributed by atoms with Gasteiger partial charge in [0.25, 0.3) is 0 Å². The van der Waals surface area contributed by atoms with E-state index in [-0.39, 0.29) is 0 Å². The Morgan fingerprint density at radius 1 is 0.157 bits per heavy atom. The first-order chi connectivity index (χ1) is 50.6. The highest BCUT2D eigenvalue weighted by atomic mass is 15.2. The van der Waals surface area contributed by atoms with Crippen LogP contribution >= 0.6 is 0 Å². The number of para-hydroxylation sites is 8. The highest BCUT2D eigenvalue weighted by Crippen LogP contribution is 2.44. The number of nitrogens with zero attached hydrogens (tertiary/aromatic N) is 8. The summed E-state index contributed by atoms with van der Waals surface area (Å²) >= 11 is 0. The molecule has 474 valence electrons. The van der Waals surface area contributed by atoms with Crippen LogP contribution in [0.25, 0.3) is 199 Å². The first kappa shape index (κ1) is 56.2. The Kier molecular flexibility index (Phi) is 12.0. The van der Waals surface area contributed by atoms with Gasteiger partial charge in [-0.3, -0.25) is 4.57 Å². The first-order valence-electron chi connectivity index (χ1n) is 34.9. The zero-order valence-corrected chi connectivity index (χ0v) is 55.1. The number of fused-ring (bicyclic) bond motifs is 18. The van der Waals surface area contributed by atoms with E-state index in [9.17, 15) is 0 Å². The maximum Gasteiger partial charge on any atom is 0.235 e. The number of hydrogen-bond donors (Lipinski definition) is 0. The molecule has 0 radical (unpaired) electrons. The molecule has 0 aliphatic heterocycles. The van der Waals surface area contributed by atoms with Crippen LogP contribution in [0.15, 0.2) is 352 Å². The molecule has 0 saturated carbocycles. The fourth-order valence-electron chi connectivity index (χ4n) is 17.1. The van der Waals surface area contributed by atoms with Crippen LogP contribution in [0.2, 0.25) is 0 Å². The summed E-state index contributed by atoms with van der Waals surface area (Å²) in [7, 11) is 0. The fourth-order valence-corrected chi connectivity index (χ4v) is 17.1. The lowest BCUT2D eigenvalue weighted by Gasteiger charge is -2.15. The number of benzene rings is 15. The molecule has 0 bridgehead atoms. The molecule has 8 heteroatoms. The minimum absolute atomic E-state index is 0.567. The first-order valence-corrected chi connectivity index (χ1v) is 34.9. The van der Waals surface area contributed by atoms with E-state index < -0.39 is 0 Å². The summed E-state index contributed by atoms with van der Waals surface area (Å²) in [5.41, 5.74) is 24.6. The van der Waals surface area contributed by atoms with Gasteiger partial charge in [0.05, 0.1) is 77.6 Å². The molecule has 15 aromatic carbocycles. The third-order valence-corrected chi connectivity index (χ3v) is 21.4. The van der Waals surface area contributed by atoms with Gasteiger partial charge in [-0.1, -0.05) is 212 Å². The molecule has 0 amide bonds. The van der Waals surface area contributed by atoms with Gasteiger partial charge in [-0.2, -0.15) is 0 Å². The lowest BCUT2D eigenvalue weighted by molar-refractivity contribution is 0.994. The summed E-state index contributed by atoms with van der Waals surface area (Å²) in [5, 5.41) is 14.3. The van der Waals surface area contributed by atoms with Gasteiger partial charge in [0.15, 0.2) is 0 Å². The molecular formula is C94H58N8. The molecule has 0 spiro atoms. The molecule has 0 aliphatic carbocycles. The van der Waals surface area contributed by atoms with E-state index in [4.69, 9.17) is 9.97 Å². The van der Waals surface area contributed by atoms with E-state index in [2.05, 4.69) is 379 Å². The summed E-state index contributed by atoms with van der Waals surface area (Å²) < 4.78 is 14.4. The average molecular weight is 1300 g/mol. The van der Waals surface area contributed by atoms with E-state index in [0.717, 1.165) is 128 Å². The molecule has 102 heavy (non-hydrogen) atoms. The van der Waals surface area contributed by atoms with Crippen molar-refractivity contribution >= 4 is 131 Å². The minimum atomic E-state index is 0.567. The second-order valence-electron chi connectivity index (χ2n) is 26.9. The molecule has 0 fully saturated rings. The predicted octanol–water partition coefficient (Wildman–Crippen LogP) is 24.1. The fraction of sp³-hybridized carbons (Fsp3) is 0. The van der Waals surface area contributed by atoms with Crippen molar-refractivity contribution in [2.24, 2.45) is 0 Å². The Bertz CT molecular complexity index is 6720. The smallest absolute Gasteiger partial charge is 0.235 e. The molecule has 22 rings (SSSR count). The highest BCUT2D eigenvalue weighted by molar-refractivity contribution is 6.17. The van der Waals surface area contributed by atoms with Gasteiger partial charge in [0, 0.05) is 104 Å². The van der Waals surface area contributed by atoms with Gasteiger partial charge in [0.1, 0.15) is 0 Å².